The Labute approximate surface area is 169 Å². The first-order valence-electron chi connectivity index (χ1n) is 8.45. The van der Waals surface area contributed by atoms with Gasteiger partial charge < -0.3 is 20.5 Å². The van der Waals surface area contributed by atoms with Crippen molar-refractivity contribution in [1.29, 1.82) is 0 Å². The van der Waals surface area contributed by atoms with Crippen molar-refractivity contribution in [3.05, 3.63) is 57.6 Å². The van der Waals surface area contributed by atoms with Crippen molar-refractivity contribution in [3.63, 3.8) is 0 Å². The zero-order chi connectivity index (χ0) is 19.8. The number of benzene rings is 2. The second-order valence-electron chi connectivity index (χ2n) is 5.89. The Bertz CT molecular complexity index is 829. The van der Waals surface area contributed by atoms with E-state index >= 15 is 0 Å². The highest BCUT2D eigenvalue weighted by molar-refractivity contribution is 5.85. The lowest BCUT2D eigenvalue weighted by molar-refractivity contribution is -0.385. The zero-order valence-corrected chi connectivity index (χ0v) is 16.6. The van der Waals surface area contributed by atoms with E-state index in [0.29, 0.717) is 36.3 Å². The molecule has 0 radical (unpaired) electrons. The number of methoxy groups -OCH3 is 2. The first-order valence-corrected chi connectivity index (χ1v) is 8.45. The number of hydrogen-bond donors (Lipinski definition) is 2. The van der Waals surface area contributed by atoms with Gasteiger partial charge in [-0.25, -0.2) is 0 Å². The van der Waals surface area contributed by atoms with Gasteiger partial charge in [-0.05, 0) is 30.5 Å². The molecule has 0 unspecified atom stereocenters. The second kappa shape index (κ2) is 11.0. The summed E-state index contributed by atoms with van der Waals surface area (Å²) in [4.78, 5) is 22.8. The van der Waals surface area contributed by atoms with Gasteiger partial charge in [0.25, 0.3) is 5.69 Å². The molecule has 9 heteroatoms. The van der Waals surface area contributed by atoms with Gasteiger partial charge in [-0.15, -0.1) is 12.4 Å². The fourth-order valence-electron chi connectivity index (χ4n) is 2.72. The number of carbonyl (C=O) groups excluding carboxylic acids is 1. The van der Waals surface area contributed by atoms with Gasteiger partial charge in [0.15, 0.2) is 11.5 Å². The van der Waals surface area contributed by atoms with Crippen LogP contribution in [0.25, 0.3) is 0 Å². The van der Waals surface area contributed by atoms with Crippen molar-refractivity contribution in [3.8, 4) is 11.5 Å². The van der Waals surface area contributed by atoms with Gasteiger partial charge in [-0.1, -0.05) is 18.2 Å². The third kappa shape index (κ3) is 6.02. The number of rotatable bonds is 9. The predicted molar refractivity (Wildman–Crippen MR) is 109 cm³/mol. The van der Waals surface area contributed by atoms with Crippen molar-refractivity contribution in [2.45, 2.75) is 19.3 Å². The second-order valence-corrected chi connectivity index (χ2v) is 5.89. The SMILES string of the molecule is COc1cc(CCNC(=O)CCc2ccccc2N)c([N+](=O)[O-])cc1OC.Cl. The van der Waals surface area contributed by atoms with Crippen LogP contribution >= 0.6 is 12.4 Å². The van der Waals surface area contributed by atoms with Crippen molar-refractivity contribution in [2.24, 2.45) is 0 Å². The summed E-state index contributed by atoms with van der Waals surface area (Å²) in [7, 11) is 2.88. The maximum absolute atomic E-state index is 12.0. The Morgan fingerprint density at radius 2 is 1.75 bits per heavy atom. The summed E-state index contributed by atoms with van der Waals surface area (Å²) in [5.41, 5.74) is 7.83. The van der Waals surface area contributed by atoms with Crippen LogP contribution in [-0.2, 0) is 17.6 Å². The summed E-state index contributed by atoms with van der Waals surface area (Å²) in [6, 6.07) is 10.3. The number of nitrogens with zero attached hydrogens (tertiary/aromatic N) is 1. The van der Waals surface area contributed by atoms with E-state index < -0.39 is 4.92 Å². The van der Waals surface area contributed by atoms with Crippen LogP contribution < -0.4 is 20.5 Å². The van der Waals surface area contributed by atoms with Crippen LogP contribution in [0.2, 0.25) is 0 Å². The Hall–Kier alpha value is -3.00. The highest BCUT2D eigenvalue weighted by Gasteiger charge is 2.19. The monoisotopic (exact) mass is 409 g/mol. The number of nitrogen functional groups attached to an aromatic ring is 1. The summed E-state index contributed by atoms with van der Waals surface area (Å²) in [5.74, 6) is 0.558. The molecule has 8 nitrogen and oxygen atoms in total. The normalized spacial score (nSPS) is 9.93. The molecule has 2 aromatic carbocycles. The number of anilines is 1. The molecule has 2 aromatic rings. The van der Waals surface area contributed by atoms with Gasteiger partial charge in [0.2, 0.25) is 5.91 Å². The largest absolute Gasteiger partial charge is 0.493 e. The molecule has 0 heterocycles. The topological polar surface area (TPSA) is 117 Å². The van der Waals surface area contributed by atoms with Crippen LogP contribution in [0.4, 0.5) is 11.4 Å². The fraction of sp³-hybridized carbons (Fsp3) is 0.316. The average Bonchev–Trinajstić information content (AvgIpc) is 2.66. The Kier molecular flexibility index (Phi) is 9.04. The van der Waals surface area contributed by atoms with E-state index in [1.807, 2.05) is 18.2 Å². The summed E-state index contributed by atoms with van der Waals surface area (Å²) in [6.07, 6.45) is 1.13. The predicted octanol–water partition coefficient (Wildman–Crippen LogP) is 2.91. The molecule has 0 aliphatic rings. The lowest BCUT2D eigenvalue weighted by Crippen LogP contribution is -2.26. The molecule has 0 aliphatic carbocycles. The van der Waals surface area contributed by atoms with Gasteiger partial charge in [0.05, 0.1) is 25.2 Å². The first kappa shape index (κ1) is 23.0. The molecule has 0 spiro atoms. The number of para-hydroxylation sites is 1. The number of nitro benzene ring substituents is 1. The molecule has 2 rings (SSSR count). The molecule has 0 aromatic heterocycles. The Morgan fingerprint density at radius 1 is 1.11 bits per heavy atom. The number of nitrogens with two attached hydrogens (primary N) is 1. The molecule has 28 heavy (non-hydrogen) atoms. The minimum Gasteiger partial charge on any atom is -0.493 e. The lowest BCUT2D eigenvalue weighted by atomic mass is 10.1. The molecule has 0 atom stereocenters. The van der Waals surface area contributed by atoms with Gasteiger partial charge in [-0.3, -0.25) is 14.9 Å². The van der Waals surface area contributed by atoms with Crippen LogP contribution in [0.5, 0.6) is 11.5 Å². The van der Waals surface area contributed by atoms with Gasteiger partial charge in [0, 0.05) is 24.2 Å². The van der Waals surface area contributed by atoms with Crippen molar-refractivity contribution in [1.82, 2.24) is 5.32 Å². The van der Waals surface area contributed by atoms with E-state index in [-0.39, 0.29) is 36.3 Å². The van der Waals surface area contributed by atoms with E-state index in [0.717, 1.165) is 5.56 Å². The zero-order valence-electron chi connectivity index (χ0n) is 15.8. The number of carbonyl (C=O) groups is 1. The van der Waals surface area contributed by atoms with Crippen molar-refractivity contribution < 1.29 is 19.2 Å². The van der Waals surface area contributed by atoms with Crippen LogP contribution in [0.1, 0.15) is 17.5 Å². The van der Waals surface area contributed by atoms with Crippen molar-refractivity contribution >= 4 is 29.7 Å². The van der Waals surface area contributed by atoms with E-state index in [2.05, 4.69) is 5.32 Å². The number of hydrogen-bond acceptors (Lipinski definition) is 6. The molecule has 1 amide bonds. The maximum Gasteiger partial charge on any atom is 0.276 e. The molecule has 0 saturated heterocycles. The molecule has 152 valence electrons. The third-order valence-corrected chi connectivity index (χ3v) is 4.17. The summed E-state index contributed by atoms with van der Waals surface area (Å²) in [5, 5.41) is 14.1. The van der Waals surface area contributed by atoms with E-state index in [4.69, 9.17) is 15.2 Å². The standard InChI is InChI=1S/C19H23N3O5.ClH/c1-26-17-11-14(16(22(24)25)12-18(17)27-2)9-10-21-19(23)8-7-13-5-3-4-6-15(13)20;/h3-6,11-12H,7-10,20H2,1-2H3,(H,21,23);1H. The van der Waals surface area contributed by atoms with Gasteiger partial charge in [0.1, 0.15) is 0 Å². The number of halogens is 1. The quantitative estimate of drug-likeness (QED) is 0.373. The molecular weight excluding hydrogens is 386 g/mol. The van der Waals surface area contributed by atoms with Gasteiger partial charge in [-0.2, -0.15) is 0 Å². The van der Waals surface area contributed by atoms with Crippen LogP contribution in [0.3, 0.4) is 0 Å². The van der Waals surface area contributed by atoms with Crippen LogP contribution in [0, 0.1) is 10.1 Å². The fourth-order valence-corrected chi connectivity index (χ4v) is 2.72. The average molecular weight is 410 g/mol. The maximum atomic E-state index is 12.0. The molecule has 3 N–H and O–H groups in total. The Balaban J connectivity index is 0.00000392. The highest BCUT2D eigenvalue weighted by atomic mass is 35.5. The van der Waals surface area contributed by atoms with E-state index in [9.17, 15) is 14.9 Å². The summed E-state index contributed by atoms with van der Waals surface area (Å²) in [6.45, 7) is 0.277. The Morgan fingerprint density at radius 3 is 2.36 bits per heavy atom. The molecule has 0 aliphatic heterocycles. The van der Waals surface area contributed by atoms with Gasteiger partial charge >= 0.3 is 0 Å². The molecule has 0 bridgehead atoms. The summed E-state index contributed by atoms with van der Waals surface area (Å²) < 4.78 is 10.3. The first-order chi connectivity index (χ1) is 13.0. The highest BCUT2D eigenvalue weighted by Crippen LogP contribution is 2.34. The van der Waals surface area contributed by atoms with E-state index in [1.54, 1.807) is 12.1 Å². The van der Waals surface area contributed by atoms with E-state index in [1.165, 1.54) is 20.3 Å². The third-order valence-electron chi connectivity index (χ3n) is 4.17. The van der Waals surface area contributed by atoms with Crippen molar-refractivity contribution in [2.75, 3.05) is 26.5 Å². The molecule has 0 fully saturated rings. The number of nitrogens with one attached hydrogen (secondary N) is 1. The number of nitro groups is 1. The van der Waals surface area contributed by atoms with Crippen LogP contribution in [-0.4, -0.2) is 31.6 Å². The molecule has 0 saturated carbocycles. The summed E-state index contributed by atoms with van der Waals surface area (Å²) >= 11 is 0. The number of ether oxygens (including phenoxy) is 2. The minimum atomic E-state index is -0.475. The number of amides is 1. The van der Waals surface area contributed by atoms with Crippen LogP contribution in [0.15, 0.2) is 36.4 Å². The lowest BCUT2D eigenvalue weighted by Gasteiger charge is -2.11. The molecular formula is C19H24ClN3O5. The number of aryl methyl sites for hydroxylation is 1. The minimum absolute atomic E-state index is 0. The smallest absolute Gasteiger partial charge is 0.276 e.